The van der Waals surface area contributed by atoms with Crippen LogP contribution in [0.5, 0.6) is 0 Å². The molecule has 1 unspecified atom stereocenters. The molecule has 0 radical (unpaired) electrons. The molecule has 1 atom stereocenters. The Morgan fingerprint density at radius 1 is 1.07 bits per heavy atom. The lowest BCUT2D eigenvalue weighted by atomic mass is 10.1. The van der Waals surface area contributed by atoms with Crippen LogP contribution in [0.2, 0.25) is 0 Å². The zero-order valence-electron chi connectivity index (χ0n) is 13.7. The van der Waals surface area contributed by atoms with Crippen LogP contribution in [0.4, 0.5) is 18.9 Å². The third-order valence-electron chi connectivity index (χ3n) is 3.81. The number of anilines is 1. The maximum absolute atomic E-state index is 13.0. The molecule has 1 aliphatic rings. The summed E-state index contributed by atoms with van der Waals surface area (Å²) in [5, 5.41) is 3.80. The minimum Gasteiger partial charge on any atom is -0.324 e. The topological polar surface area (TPSA) is 75.3 Å². The smallest absolute Gasteiger partial charge is 0.324 e. The Morgan fingerprint density at radius 2 is 1.74 bits per heavy atom. The SMILES string of the molecule is O=C(CC1Sc2ccccc2NC1=O)NC(=O)c1ccccc1C(F)(F)F. The molecule has 0 fully saturated rings. The molecule has 140 valence electrons. The van der Waals surface area contributed by atoms with Crippen molar-refractivity contribution in [1.29, 1.82) is 0 Å². The third-order valence-corrected chi connectivity index (χ3v) is 5.08. The number of halogens is 3. The second-order valence-corrected chi connectivity index (χ2v) is 6.96. The largest absolute Gasteiger partial charge is 0.417 e. The molecule has 0 aliphatic carbocycles. The van der Waals surface area contributed by atoms with E-state index in [1.807, 2.05) is 5.32 Å². The van der Waals surface area contributed by atoms with E-state index in [9.17, 15) is 27.6 Å². The highest BCUT2D eigenvalue weighted by Gasteiger charge is 2.35. The molecular weight excluding hydrogens is 381 g/mol. The molecule has 0 aromatic heterocycles. The average molecular weight is 394 g/mol. The highest BCUT2D eigenvalue weighted by Crippen LogP contribution is 2.36. The lowest BCUT2D eigenvalue weighted by molar-refractivity contribution is -0.138. The zero-order chi connectivity index (χ0) is 19.6. The minimum absolute atomic E-state index is 0.343. The van der Waals surface area contributed by atoms with E-state index in [0.717, 1.165) is 34.9 Å². The van der Waals surface area contributed by atoms with Crippen molar-refractivity contribution in [2.75, 3.05) is 5.32 Å². The van der Waals surface area contributed by atoms with Gasteiger partial charge in [-0.05, 0) is 24.3 Å². The van der Waals surface area contributed by atoms with E-state index in [2.05, 4.69) is 5.32 Å². The van der Waals surface area contributed by atoms with Gasteiger partial charge < -0.3 is 5.32 Å². The van der Waals surface area contributed by atoms with Gasteiger partial charge in [0.1, 0.15) is 0 Å². The zero-order valence-corrected chi connectivity index (χ0v) is 14.5. The van der Waals surface area contributed by atoms with E-state index in [0.29, 0.717) is 5.69 Å². The molecule has 27 heavy (non-hydrogen) atoms. The Kier molecular flexibility index (Phi) is 5.22. The van der Waals surface area contributed by atoms with Crippen LogP contribution < -0.4 is 10.6 Å². The summed E-state index contributed by atoms with van der Waals surface area (Å²) in [7, 11) is 0. The van der Waals surface area contributed by atoms with Crippen molar-refractivity contribution < 1.29 is 27.6 Å². The first-order valence-corrected chi connectivity index (χ1v) is 8.70. The van der Waals surface area contributed by atoms with Crippen molar-refractivity contribution in [3.05, 3.63) is 59.7 Å². The van der Waals surface area contributed by atoms with Gasteiger partial charge in [-0.2, -0.15) is 13.2 Å². The lowest BCUT2D eigenvalue weighted by Gasteiger charge is -2.23. The van der Waals surface area contributed by atoms with Crippen molar-refractivity contribution >= 4 is 35.2 Å². The van der Waals surface area contributed by atoms with Crippen LogP contribution in [0.3, 0.4) is 0 Å². The Morgan fingerprint density at radius 3 is 2.48 bits per heavy atom. The minimum atomic E-state index is -4.72. The number of hydrogen-bond donors (Lipinski definition) is 2. The molecule has 0 saturated carbocycles. The van der Waals surface area contributed by atoms with Gasteiger partial charge in [-0.25, -0.2) is 0 Å². The van der Waals surface area contributed by atoms with Crippen molar-refractivity contribution in [3.63, 3.8) is 0 Å². The summed E-state index contributed by atoms with van der Waals surface area (Å²) in [6.07, 6.45) is -5.06. The Balaban J connectivity index is 1.69. The Bertz CT molecular complexity index is 915. The highest BCUT2D eigenvalue weighted by molar-refractivity contribution is 8.01. The fourth-order valence-corrected chi connectivity index (χ4v) is 3.68. The second-order valence-electron chi connectivity index (χ2n) is 5.72. The van der Waals surface area contributed by atoms with Gasteiger partial charge in [-0.1, -0.05) is 24.3 Å². The van der Waals surface area contributed by atoms with Gasteiger partial charge in [0.25, 0.3) is 5.91 Å². The molecule has 3 amide bonds. The molecule has 2 N–H and O–H groups in total. The number of imide groups is 1. The van der Waals surface area contributed by atoms with Gasteiger partial charge in [0.15, 0.2) is 0 Å². The van der Waals surface area contributed by atoms with Gasteiger partial charge >= 0.3 is 6.18 Å². The van der Waals surface area contributed by atoms with Crippen molar-refractivity contribution in [1.82, 2.24) is 5.32 Å². The number of amides is 3. The van der Waals surface area contributed by atoms with Gasteiger partial charge in [0.2, 0.25) is 11.8 Å². The van der Waals surface area contributed by atoms with Gasteiger partial charge in [0, 0.05) is 11.3 Å². The number of thioether (sulfide) groups is 1. The molecule has 2 aromatic carbocycles. The molecule has 2 aromatic rings. The molecule has 5 nitrogen and oxygen atoms in total. The summed E-state index contributed by atoms with van der Waals surface area (Å²) in [6, 6.07) is 11.2. The molecule has 1 aliphatic heterocycles. The number of alkyl halides is 3. The Hall–Kier alpha value is -2.81. The quantitative estimate of drug-likeness (QED) is 0.836. The summed E-state index contributed by atoms with van der Waals surface area (Å²) in [5.74, 6) is -2.39. The number of fused-ring (bicyclic) bond motifs is 1. The maximum atomic E-state index is 13.0. The molecule has 1 heterocycles. The average Bonchev–Trinajstić information content (AvgIpc) is 2.61. The van der Waals surface area contributed by atoms with Gasteiger partial charge in [-0.15, -0.1) is 11.8 Å². The van der Waals surface area contributed by atoms with Gasteiger partial charge in [-0.3, -0.25) is 19.7 Å². The lowest BCUT2D eigenvalue weighted by Crippen LogP contribution is -2.37. The third kappa shape index (κ3) is 4.30. The van der Waals surface area contributed by atoms with Crippen molar-refractivity contribution in [2.24, 2.45) is 0 Å². The predicted octanol–water partition coefficient (Wildman–Crippen LogP) is 3.46. The molecule has 3 rings (SSSR count). The molecule has 0 saturated heterocycles. The first kappa shape index (κ1) is 19.0. The summed E-state index contributed by atoms with van der Waals surface area (Å²) in [6.45, 7) is 0. The fraction of sp³-hybridized carbons (Fsp3) is 0.167. The van der Waals surface area contributed by atoms with Crippen molar-refractivity contribution in [2.45, 2.75) is 22.7 Å². The molecule has 0 spiro atoms. The van der Waals surface area contributed by atoms with Crippen LogP contribution in [-0.4, -0.2) is 23.0 Å². The first-order chi connectivity index (χ1) is 12.8. The number of carbonyl (C=O) groups excluding carboxylic acids is 3. The van der Waals surface area contributed by atoms with E-state index in [1.165, 1.54) is 6.07 Å². The number of para-hydroxylation sites is 1. The van der Waals surface area contributed by atoms with E-state index >= 15 is 0 Å². The molecule has 9 heteroatoms. The van der Waals surface area contributed by atoms with Crippen LogP contribution in [0.25, 0.3) is 0 Å². The van der Waals surface area contributed by atoms with Gasteiger partial charge in [0.05, 0.1) is 22.1 Å². The van der Waals surface area contributed by atoms with E-state index in [1.54, 1.807) is 24.3 Å². The normalized spacial score (nSPS) is 16.3. The van der Waals surface area contributed by atoms with Crippen LogP contribution in [0.1, 0.15) is 22.3 Å². The van der Waals surface area contributed by atoms with Crippen LogP contribution in [-0.2, 0) is 15.8 Å². The Labute approximate surface area is 156 Å². The van der Waals surface area contributed by atoms with Crippen molar-refractivity contribution in [3.8, 4) is 0 Å². The molecule has 0 bridgehead atoms. The summed E-state index contributed by atoms with van der Waals surface area (Å²) < 4.78 is 39.0. The fourth-order valence-electron chi connectivity index (χ4n) is 2.57. The monoisotopic (exact) mass is 394 g/mol. The summed E-state index contributed by atoms with van der Waals surface area (Å²) in [4.78, 5) is 37.1. The number of carbonyl (C=O) groups is 3. The number of rotatable bonds is 3. The maximum Gasteiger partial charge on any atom is 0.417 e. The van der Waals surface area contributed by atoms with Crippen LogP contribution >= 0.6 is 11.8 Å². The van der Waals surface area contributed by atoms with E-state index < -0.39 is 40.3 Å². The predicted molar refractivity (Wildman–Crippen MR) is 93.3 cm³/mol. The summed E-state index contributed by atoms with van der Waals surface area (Å²) in [5.41, 5.74) is -1.15. The standard InChI is InChI=1S/C18H13F3N2O3S/c19-18(20,21)11-6-2-1-5-10(11)16(25)23-15(24)9-14-17(26)22-12-7-3-4-8-13(12)27-14/h1-8,14H,9H2,(H,22,26)(H,23,24,25). The van der Waals surface area contributed by atoms with Crippen LogP contribution in [0, 0.1) is 0 Å². The van der Waals surface area contributed by atoms with E-state index in [4.69, 9.17) is 0 Å². The summed E-state index contributed by atoms with van der Waals surface area (Å²) >= 11 is 1.16. The first-order valence-electron chi connectivity index (χ1n) is 7.82. The van der Waals surface area contributed by atoms with Crippen LogP contribution in [0.15, 0.2) is 53.4 Å². The van der Waals surface area contributed by atoms with E-state index in [-0.39, 0.29) is 6.42 Å². The number of nitrogens with one attached hydrogen (secondary N) is 2. The highest BCUT2D eigenvalue weighted by atomic mass is 32.2. The number of hydrogen-bond acceptors (Lipinski definition) is 4. The molecular formula is C18H13F3N2O3S. The number of benzene rings is 2. The second kappa shape index (κ2) is 7.43.